The summed E-state index contributed by atoms with van der Waals surface area (Å²) in [4.78, 5) is 12.5. The van der Waals surface area contributed by atoms with Gasteiger partial charge >= 0.3 is 0 Å². The van der Waals surface area contributed by atoms with Crippen LogP contribution in [0.1, 0.15) is 30.1 Å². The maximum absolute atomic E-state index is 12.5. The Morgan fingerprint density at radius 1 is 1.40 bits per heavy atom. The lowest BCUT2D eigenvalue weighted by Crippen LogP contribution is -2.43. The highest BCUT2D eigenvalue weighted by atomic mass is 32.2. The highest BCUT2D eigenvalue weighted by molar-refractivity contribution is 7.88. The molecular formula is C17H22N2O4S2. The number of nitrogens with one attached hydrogen (secondary N) is 1. The van der Waals surface area contributed by atoms with Crippen molar-refractivity contribution < 1.29 is 17.6 Å². The van der Waals surface area contributed by atoms with E-state index in [2.05, 4.69) is 10.7 Å². The molecule has 0 radical (unpaired) electrons. The van der Waals surface area contributed by atoms with Crippen molar-refractivity contribution in [3.8, 4) is 0 Å². The van der Waals surface area contributed by atoms with Gasteiger partial charge in [0.25, 0.3) is 0 Å². The Morgan fingerprint density at radius 2 is 2.16 bits per heavy atom. The number of sulfonamides is 1. The molecule has 3 rings (SSSR count). The van der Waals surface area contributed by atoms with Gasteiger partial charge in [-0.05, 0) is 47.4 Å². The third kappa shape index (κ3) is 4.50. The second-order valence-corrected chi connectivity index (χ2v) is 9.07. The van der Waals surface area contributed by atoms with Gasteiger partial charge in [0.2, 0.25) is 15.9 Å². The molecule has 0 spiro atoms. The van der Waals surface area contributed by atoms with Gasteiger partial charge in [-0.2, -0.15) is 11.3 Å². The highest BCUT2D eigenvalue weighted by Gasteiger charge is 2.29. The van der Waals surface area contributed by atoms with E-state index < -0.39 is 10.0 Å². The Balaban J connectivity index is 1.58. The molecule has 0 saturated carbocycles. The number of nitrogens with zero attached hydrogens (tertiary/aromatic N) is 1. The van der Waals surface area contributed by atoms with Gasteiger partial charge in [0, 0.05) is 25.6 Å². The van der Waals surface area contributed by atoms with E-state index in [0.29, 0.717) is 32.5 Å². The molecule has 1 N–H and O–H groups in total. The van der Waals surface area contributed by atoms with Gasteiger partial charge in [-0.3, -0.25) is 4.79 Å². The molecule has 1 fully saturated rings. The minimum Gasteiger partial charge on any atom is -0.469 e. The molecular weight excluding hydrogens is 360 g/mol. The van der Waals surface area contributed by atoms with Gasteiger partial charge in [0.05, 0.1) is 18.4 Å². The minimum absolute atomic E-state index is 0.0127. The number of hydrogen-bond donors (Lipinski definition) is 1. The average molecular weight is 383 g/mol. The van der Waals surface area contributed by atoms with E-state index in [1.807, 2.05) is 23.6 Å². The first kappa shape index (κ1) is 18.2. The summed E-state index contributed by atoms with van der Waals surface area (Å²) in [6.45, 7) is 1.28. The molecule has 3 heterocycles. The second kappa shape index (κ2) is 7.72. The molecule has 2 aromatic rings. The molecule has 25 heavy (non-hydrogen) atoms. The predicted molar refractivity (Wildman–Crippen MR) is 97.0 cm³/mol. The molecule has 1 atom stereocenters. The van der Waals surface area contributed by atoms with Gasteiger partial charge in [-0.1, -0.05) is 0 Å². The third-order valence-electron chi connectivity index (χ3n) is 4.61. The van der Waals surface area contributed by atoms with Crippen LogP contribution in [0.2, 0.25) is 0 Å². The normalized spacial score (nSPS) is 18.1. The topological polar surface area (TPSA) is 79.6 Å². The zero-order valence-corrected chi connectivity index (χ0v) is 15.7. The first-order chi connectivity index (χ1) is 11.9. The fourth-order valence-corrected chi connectivity index (χ4v) is 4.73. The lowest BCUT2D eigenvalue weighted by atomic mass is 9.95. The molecule has 0 bridgehead atoms. The fraction of sp³-hybridized carbons (Fsp3) is 0.471. The Bertz CT molecular complexity index is 742. The summed E-state index contributed by atoms with van der Waals surface area (Å²) < 4.78 is 30.1. The van der Waals surface area contributed by atoms with Crippen LogP contribution in [0.3, 0.4) is 0 Å². The molecule has 136 valence electrons. The number of piperidine rings is 1. The van der Waals surface area contributed by atoms with Crippen molar-refractivity contribution in [3.05, 3.63) is 46.5 Å². The monoisotopic (exact) mass is 382 g/mol. The van der Waals surface area contributed by atoms with Crippen LogP contribution in [-0.2, 0) is 14.8 Å². The van der Waals surface area contributed by atoms with E-state index in [4.69, 9.17) is 4.42 Å². The Kier molecular flexibility index (Phi) is 5.61. The largest absolute Gasteiger partial charge is 0.469 e. The first-order valence-corrected chi connectivity index (χ1v) is 11.0. The maximum Gasteiger partial charge on any atom is 0.223 e. The smallest absolute Gasteiger partial charge is 0.223 e. The molecule has 1 unspecified atom stereocenters. The molecule has 1 aliphatic rings. The molecule has 6 nitrogen and oxygen atoms in total. The van der Waals surface area contributed by atoms with Crippen LogP contribution in [0, 0.1) is 5.92 Å². The van der Waals surface area contributed by atoms with E-state index >= 15 is 0 Å². The molecule has 1 amide bonds. The van der Waals surface area contributed by atoms with Gasteiger partial charge in [-0.25, -0.2) is 12.7 Å². The zero-order valence-electron chi connectivity index (χ0n) is 14.1. The summed E-state index contributed by atoms with van der Waals surface area (Å²) in [5, 5.41) is 7.09. The third-order valence-corrected chi connectivity index (χ3v) is 6.61. The maximum atomic E-state index is 12.5. The van der Waals surface area contributed by atoms with Crippen molar-refractivity contribution in [3.63, 3.8) is 0 Å². The van der Waals surface area contributed by atoms with Crippen molar-refractivity contribution in [2.24, 2.45) is 5.92 Å². The Morgan fingerprint density at radius 3 is 2.72 bits per heavy atom. The summed E-state index contributed by atoms with van der Waals surface area (Å²) in [5.41, 5.74) is 1.12. The number of rotatable bonds is 6. The average Bonchev–Trinajstić information content (AvgIpc) is 3.28. The first-order valence-electron chi connectivity index (χ1n) is 8.23. The summed E-state index contributed by atoms with van der Waals surface area (Å²) in [6, 6.07) is 5.80. The Hall–Kier alpha value is -1.64. The van der Waals surface area contributed by atoms with Crippen molar-refractivity contribution in [1.82, 2.24) is 9.62 Å². The number of carbonyl (C=O) groups is 1. The van der Waals surface area contributed by atoms with Crippen LogP contribution in [0.4, 0.5) is 0 Å². The lowest BCUT2D eigenvalue weighted by molar-refractivity contribution is -0.126. The minimum atomic E-state index is -3.17. The summed E-state index contributed by atoms with van der Waals surface area (Å²) in [5.74, 6) is 0.657. The van der Waals surface area contributed by atoms with E-state index in [9.17, 15) is 13.2 Å². The molecule has 2 aromatic heterocycles. The highest BCUT2D eigenvalue weighted by Crippen LogP contribution is 2.27. The van der Waals surface area contributed by atoms with Crippen molar-refractivity contribution in [2.75, 3.05) is 25.9 Å². The molecule has 1 aliphatic heterocycles. The second-order valence-electron chi connectivity index (χ2n) is 6.31. The van der Waals surface area contributed by atoms with Gasteiger partial charge in [0.15, 0.2) is 0 Å². The van der Waals surface area contributed by atoms with Crippen LogP contribution in [0.5, 0.6) is 0 Å². The van der Waals surface area contributed by atoms with E-state index in [-0.39, 0.29) is 17.7 Å². The molecule has 1 saturated heterocycles. The number of carbonyl (C=O) groups excluding carboxylic acids is 1. The van der Waals surface area contributed by atoms with Gasteiger partial charge < -0.3 is 9.73 Å². The van der Waals surface area contributed by atoms with Gasteiger partial charge in [-0.15, -0.1) is 0 Å². The SMILES string of the molecule is CS(=O)(=O)N1CCC(C(=O)NCC(c2ccsc2)c2ccco2)CC1. The summed E-state index contributed by atoms with van der Waals surface area (Å²) in [7, 11) is -3.17. The number of amides is 1. The zero-order chi connectivity index (χ0) is 17.9. The van der Waals surface area contributed by atoms with E-state index in [1.165, 1.54) is 10.6 Å². The summed E-state index contributed by atoms with van der Waals surface area (Å²) >= 11 is 1.61. The van der Waals surface area contributed by atoms with E-state index in [1.54, 1.807) is 17.6 Å². The number of thiophene rings is 1. The van der Waals surface area contributed by atoms with Crippen molar-refractivity contribution in [1.29, 1.82) is 0 Å². The number of furan rings is 1. The standard InChI is InChI=1S/C17H22N2O4S2/c1-25(21,22)19-7-4-13(5-8-19)17(20)18-11-15(14-6-10-24-12-14)16-3-2-9-23-16/h2-3,6,9-10,12-13,15H,4-5,7-8,11H2,1H3,(H,18,20). The number of hydrogen-bond acceptors (Lipinski definition) is 5. The quantitative estimate of drug-likeness (QED) is 0.831. The van der Waals surface area contributed by atoms with Crippen molar-refractivity contribution >= 4 is 27.3 Å². The fourth-order valence-electron chi connectivity index (χ4n) is 3.14. The van der Waals surface area contributed by atoms with Crippen LogP contribution in [0.25, 0.3) is 0 Å². The van der Waals surface area contributed by atoms with Gasteiger partial charge in [0.1, 0.15) is 5.76 Å². The molecule has 0 aliphatic carbocycles. The molecule has 8 heteroatoms. The predicted octanol–water partition coefficient (Wildman–Crippen LogP) is 2.26. The van der Waals surface area contributed by atoms with Crippen LogP contribution in [-0.4, -0.2) is 44.5 Å². The lowest BCUT2D eigenvalue weighted by Gasteiger charge is -2.29. The van der Waals surface area contributed by atoms with Crippen LogP contribution < -0.4 is 5.32 Å². The van der Waals surface area contributed by atoms with Crippen molar-refractivity contribution in [2.45, 2.75) is 18.8 Å². The van der Waals surface area contributed by atoms with Crippen LogP contribution in [0.15, 0.2) is 39.6 Å². The van der Waals surface area contributed by atoms with E-state index in [0.717, 1.165) is 11.3 Å². The Labute approximate surface area is 151 Å². The van der Waals surface area contributed by atoms with Crippen LogP contribution >= 0.6 is 11.3 Å². The summed E-state index contributed by atoms with van der Waals surface area (Å²) in [6.07, 6.45) is 3.96. The molecule has 0 aromatic carbocycles.